The number of ether oxygens (including phenoxy) is 1. The Morgan fingerprint density at radius 3 is 2.91 bits per heavy atom. The molecule has 0 spiro atoms. The van der Waals surface area contributed by atoms with Crippen LogP contribution in [-0.2, 0) is 0 Å². The molecule has 114 valence electrons. The topological polar surface area (TPSA) is 70.9 Å². The van der Waals surface area contributed by atoms with Gasteiger partial charge >= 0.3 is 0 Å². The van der Waals surface area contributed by atoms with Crippen LogP contribution >= 0.6 is 15.9 Å². The Labute approximate surface area is 136 Å². The highest BCUT2D eigenvalue weighted by molar-refractivity contribution is 9.10. The highest BCUT2D eigenvalue weighted by Gasteiger charge is 2.10. The lowest BCUT2D eigenvalue weighted by Crippen LogP contribution is -2.17. The maximum absolute atomic E-state index is 12.0. The molecule has 0 aromatic heterocycles. The van der Waals surface area contributed by atoms with Crippen molar-refractivity contribution in [2.24, 2.45) is 5.10 Å². The van der Waals surface area contributed by atoms with Crippen molar-refractivity contribution < 1.29 is 14.6 Å². The zero-order valence-corrected chi connectivity index (χ0v) is 13.5. The fourth-order valence-corrected chi connectivity index (χ4v) is 2.15. The quantitative estimate of drug-likeness (QED) is 0.633. The van der Waals surface area contributed by atoms with Crippen molar-refractivity contribution in [3.63, 3.8) is 0 Å². The van der Waals surface area contributed by atoms with Gasteiger partial charge in [0, 0.05) is 10.0 Å². The average Bonchev–Trinajstić information content (AvgIpc) is 2.51. The van der Waals surface area contributed by atoms with E-state index in [0.717, 1.165) is 5.56 Å². The zero-order chi connectivity index (χ0) is 15.9. The number of aromatic hydroxyl groups is 1. The summed E-state index contributed by atoms with van der Waals surface area (Å²) >= 11 is 3.25. The number of phenols is 1. The zero-order valence-electron chi connectivity index (χ0n) is 11.9. The number of phenolic OH excluding ortho intramolecular Hbond substituents is 1. The van der Waals surface area contributed by atoms with Gasteiger partial charge in [0.1, 0.15) is 11.5 Å². The summed E-state index contributed by atoms with van der Waals surface area (Å²) in [5, 5.41) is 13.6. The number of nitrogens with zero attached hydrogens (tertiary/aromatic N) is 1. The third-order valence-electron chi connectivity index (χ3n) is 2.79. The van der Waals surface area contributed by atoms with Gasteiger partial charge in [-0.05, 0) is 37.3 Å². The summed E-state index contributed by atoms with van der Waals surface area (Å²) in [7, 11) is 0. The molecule has 5 nitrogen and oxygen atoms in total. The van der Waals surface area contributed by atoms with E-state index in [-0.39, 0.29) is 11.3 Å². The molecule has 2 rings (SSSR count). The molecular weight excluding hydrogens is 348 g/mol. The lowest BCUT2D eigenvalue weighted by Gasteiger charge is -2.06. The van der Waals surface area contributed by atoms with Gasteiger partial charge in [0.05, 0.1) is 18.4 Å². The molecule has 0 aliphatic rings. The number of hydrazone groups is 1. The summed E-state index contributed by atoms with van der Waals surface area (Å²) in [6.45, 7) is 2.44. The first-order valence-corrected chi connectivity index (χ1v) is 7.45. The normalized spacial score (nSPS) is 10.6. The van der Waals surface area contributed by atoms with Crippen molar-refractivity contribution in [1.82, 2.24) is 5.43 Å². The van der Waals surface area contributed by atoms with Crippen LogP contribution in [0.25, 0.3) is 0 Å². The second kappa shape index (κ2) is 7.61. The minimum Gasteiger partial charge on any atom is -0.507 e. The van der Waals surface area contributed by atoms with Gasteiger partial charge in [0.15, 0.2) is 0 Å². The molecule has 0 unspecified atom stereocenters. The molecule has 0 heterocycles. The highest BCUT2D eigenvalue weighted by Crippen LogP contribution is 2.21. The van der Waals surface area contributed by atoms with Crippen LogP contribution in [0.1, 0.15) is 22.8 Å². The Bertz CT molecular complexity index is 702. The number of amides is 1. The molecule has 0 aliphatic heterocycles. The largest absolute Gasteiger partial charge is 0.507 e. The third kappa shape index (κ3) is 4.08. The standard InChI is InChI=1S/C16H15BrN2O3/c1-2-22-15-6-4-3-5-11(15)10-18-19-16(21)13-9-12(17)7-8-14(13)20/h3-10,20H,2H2,1H3,(H,19,21)/b18-10+. The molecule has 0 aliphatic carbocycles. The number of carbonyl (C=O) groups excluding carboxylic acids is 1. The van der Waals surface area contributed by atoms with Gasteiger partial charge in [-0.1, -0.05) is 28.1 Å². The first-order valence-electron chi connectivity index (χ1n) is 6.65. The molecule has 0 bridgehead atoms. The van der Waals surface area contributed by atoms with E-state index in [2.05, 4.69) is 26.5 Å². The smallest absolute Gasteiger partial charge is 0.275 e. The Morgan fingerprint density at radius 1 is 1.36 bits per heavy atom. The van der Waals surface area contributed by atoms with E-state index < -0.39 is 5.91 Å². The Balaban J connectivity index is 2.09. The van der Waals surface area contributed by atoms with Crippen molar-refractivity contribution >= 4 is 28.1 Å². The van der Waals surface area contributed by atoms with Crippen LogP contribution < -0.4 is 10.2 Å². The second-order valence-corrected chi connectivity index (χ2v) is 5.25. The van der Waals surface area contributed by atoms with Crippen molar-refractivity contribution in [3.8, 4) is 11.5 Å². The SMILES string of the molecule is CCOc1ccccc1/C=N/NC(=O)c1cc(Br)ccc1O. The molecule has 0 saturated heterocycles. The Hall–Kier alpha value is -2.34. The highest BCUT2D eigenvalue weighted by atomic mass is 79.9. The van der Waals surface area contributed by atoms with E-state index in [1.165, 1.54) is 18.3 Å². The predicted octanol–water partition coefficient (Wildman–Crippen LogP) is 3.32. The maximum Gasteiger partial charge on any atom is 0.275 e. The number of nitrogens with one attached hydrogen (secondary N) is 1. The van der Waals surface area contributed by atoms with Gasteiger partial charge in [-0.2, -0.15) is 5.10 Å². The molecular formula is C16H15BrN2O3. The van der Waals surface area contributed by atoms with Crippen molar-refractivity contribution in [2.45, 2.75) is 6.92 Å². The minimum atomic E-state index is -0.496. The van der Waals surface area contributed by atoms with E-state index >= 15 is 0 Å². The molecule has 0 atom stereocenters. The number of benzene rings is 2. The lowest BCUT2D eigenvalue weighted by molar-refractivity contribution is 0.0952. The van der Waals surface area contributed by atoms with Gasteiger partial charge in [-0.15, -0.1) is 0 Å². The number of rotatable bonds is 5. The Kier molecular flexibility index (Phi) is 5.55. The van der Waals surface area contributed by atoms with Crippen LogP contribution in [0.5, 0.6) is 11.5 Å². The first-order chi connectivity index (χ1) is 10.6. The maximum atomic E-state index is 12.0. The summed E-state index contributed by atoms with van der Waals surface area (Å²) in [5.41, 5.74) is 3.27. The van der Waals surface area contributed by atoms with Gasteiger partial charge in [0.2, 0.25) is 0 Å². The van der Waals surface area contributed by atoms with Gasteiger partial charge < -0.3 is 9.84 Å². The lowest BCUT2D eigenvalue weighted by atomic mass is 10.2. The Morgan fingerprint density at radius 2 is 2.14 bits per heavy atom. The molecule has 2 N–H and O–H groups in total. The molecule has 0 saturated carbocycles. The third-order valence-corrected chi connectivity index (χ3v) is 3.29. The second-order valence-electron chi connectivity index (χ2n) is 4.33. The number of hydrogen-bond acceptors (Lipinski definition) is 4. The van der Waals surface area contributed by atoms with Crippen LogP contribution in [-0.4, -0.2) is 23.8 Å². The van der Waals surface area contributed by atoms with Crippen LogP contribution in [0.15, 0.2) is 52.0 Å². The summed E-state index contributed by atoms with van der Waals surface area (Å²) in [5.74, 6) is 0.0860. The van der Waals surface area contributed by atoms with Crippen LogP contribution in [0, 0.1) is 0 Å². The van der Waals surface area contributed by atoms with Crippen molar-refractivity contribution in [1.29, 1.82) is 0 Å². The molecule has 22 heavy (non-hydrogen) atoms. The van der Waals surface area contributed by atoms with E-state index in [1.807, 2.05) is 31.2 Å². The summed E-state index contributed by atoms with van der Waals surface area (Å²) in [6.07, 6.45) is 1.50. The van der Waals surface area contributed by atoms with Gasteiger partial charge in [-0.3, -0.25) is 4.79 Å². The van der Waals surface area contributed by atoms with Crippen molar-refractivity contribution in [2.75, 3.05) is 6.61 Å². The van der Waals surface area contributed by atoms with Crippen LogP contribution in [0.2, 0.25) is 0 Å². The van der Waals surface area contributed by atoms with Crippen LogP contribution in [0.3, 0.4) is 0 Å². The summed E-state index contributed by atoms with van der Waals surface area (Å²) in [4.78, 5) is 12.0. The number of hydrogen-bond donors (Lipinski definition) is 2. The molecule has 2 aromatic carbocycles. The molecule has 6 heteroatoms. The van der Waals surface area contributed by atoms with E-state index in [4.69, 9.17) is 4.74 Å². The monoisotopic (exact) mass is 362 g/mol. The fourth-order valence-electron chi connectivity index (χ4n) is 1.78. The molecule has 2 aromatic rings. The number of para-hydroxylation sites is 1. The predicted molar refractivity (Wildman–Crippen MR) is 88.5 cm³/mol. The number of carbonyl (C=O) groups is 1. The molecule has 1 amide bonds. The van der Waals surface area contributed by atoms with E-state index in [0.29, 0.717) is 16.8 Å². The molecule has 0 fully saturated rings. The summed E-state index contributed by atoms with van der Waals surface area (Å²) < 4.78 is 6.16. The minimum absolute atomic E-state index is 0.106. The first kappa shape index (κ1) is 16.0. The number of halogens is 1. The van der Waals surface area contributed by atoms with Gasteiger partial charge in [-0.25, -0.2) is 5.43 Å². The van der Waals surface area contributed by atoms with Crippen molar-refractivity contribution in [3.05, 3.63) is 58.1 Å². The fraction of sp³-hybridized carbons (Fsp3) is 0.125. The van der Waals surface area contributed by atoms with Crippen LogP contribution in [0.4, 0.5) is 0 Å². The van der Waals surface area contributed by atoms with E-state index in [1.54, 1.807) is 6.07 Å². The molecule has 0 radical (unpaired) electrons. The summed E-state index contributed by atoms with van der Waals surface area (Å²) in [6, 6.07) is 12.0. The van der Waals surface area contributed by atoms with E-state index in [9.17, 15) is 9.90 Å². The van der Waals surface area contributed by atoms with Gasteiger partial charge in [0.25, 0.3) is 5.91 Å². The average molecular weight is 363 g/mol.